The van der Waals surface area contributed by atoms with Gasteiger partial charge in [0.05, 0.1) is 16.3 Å². The Bertz CT molecular complexity index is 1020. The molecule has 2 N–H and O–H groups in total. The van der Waals surface area contributed by atoms with Crippen molar-refractivity contribution in [3.63, 3.8) is 0 Å². The van der Waals surface area contributed by atoms with E-state index in [1.165, 1.54) is 0 Å². The fourth-order valence-corrected chi connectivity index (χ4v) is 5.46. The highest BCUT2D eigenvalue weighted by atomic mass is 35.5. The van der Waals surface area contributed by atoms with Crippen LogP contribution in [0.5, 0.6) is 5.75 Å². The second-order valence-corrected chi connectivity index (χ2v) is 11.0. The topological polar surface area (TPSA) is 97.0 Å². The number of halogens is 1. The predicted molar refractivity (Wildman–Crippen MR) is 144 cm³/mol. The van der Waals surface area contributed by atoms with Crippen molar-refractivity contribution in [2.45, 2.75) is 58.1 Å². The van der Waals surface area contributed by atoms with E-state index < -0.39 is 21.2 Å². The Morgan fingerprint density at radius 1 is 1.14 bits per heavy atom. The highest BCUT2D eigenvalue weighted by Crippen LogP contribution is 2.35. The minimum absolute atomic E-state index is 0.0614. The second-order valence-electron chi connectivity index (χ2n) is 8.61. The number of hydrogen-bond acceptors (Lipinski definition) is 7. The van der Waals surface area contributed by atoms with E-state index in [2.05, 4.69) is 28.8 Å². The van der Waals surface area contributed by atoms with Crippen LogP contribution in [0.4, 0.5) is 0 Å². The van der Waals surface area contributed by atoms with Gasteiger partial charge in [-0.15, -0.1) is 0 Å². The molecule has 0 fully saturated rings. The lowest BCUT2D eigenvalue weighted by molar-refractivity contribution is -0.139. The summed E-state index contributed by atoms with van der Waals surface area (Å²) in [6.45, 7) is 8.31. The van der Waals surface area contributed by atoms with Crippen LogP contribution in [0.15, 0.2) is 47.4 Å². The van der Waals surface area contributed by atoms with E-state index >= 15 is 0 Å². The molecule has 1 unspecified atom stereocenters. The number of benzene rings is 1. The Morgan fingerprint density at radius 2 is 1.81 bits per heavy atom. The van der Waals surface area contributed by atoms with Crippen LogP contribution in [0.1, 0.15) is 52.9 Å². The number of nitrogens with one attached hydrogen (secondary N) is 2. The van der Waals surface area contributed by atoms with Gasteiger partial charge in [0.15, 0.2) is 0 Å². The van der Waals surface area contributed by atoms with Crippen molar-refractivity contribution in [2.75, 3.05) is 39.8 Å². The van der Waals surface area contributed by atoms with E-state index in [1.807, 2.05) is 0 Å². The zero-order chi connectivity index (χ0) is 26.6. The zero-order valence-corrected chi connectivity index (χ0v) is 23.4. The van der Waals surface area contributed by atoms with E-state index in [4.69, 9.17) is 21.1 Å². The first kappa shape index (κ1) is 30.2. The monoisotopic (exact) mass is 541 g/mol. The maximum Gasteiger partial charge on any atom is 0.336 e. The molecule has 10 heteroatoms. The molecule has 0 heterocycles. The van der Waals surface area contributed by atoms with Crippen molar-refractivity contribution in [3.8, 4) is 5.75 Å². The maximum absolute atomic E-state index is 13.3. The summed E-state index contributed by atoms with van der Waals surface area (Å²) >= 11 is 6.33. The molecule has 0 saturated carbocycles. The lowest BCUT2D eigenvalue weighted by Crippen LogP contribution is -2.41. The highest BCUT2D eigenvalue weighted by molar-refractivity contribution is 7.90. The Hall–Kier alpha value is -2.07. The van der Waals surface area contributed by atoms with Crippen LogP contribution in [0, 0.1) is 0 Å². The van der Waals surface area contributed by atoms with Crippen LogP contribution in [0.25, 0.3) is 0 Å². The first-order valence-electron chi connectivity index (χ1n) is 12.7. The van der Waals surface area contributed by atoms with Gasteiger partial charge in [0.2, 0.25) is 10.0 Å². The van der Waals surface area contributed by atoms with Gasteiger partial charge >= 0.3 is 5.97 Å². The van der Waals surface area contributed by atoms with Gasteiger partial charge < -0.3 is 19.7 Å². The van der Waals surface area contributed by atoms with Gasteiger partial charge in [-0.25, -0.2) is 17.9 Å². The molecule has 0 saturated heterocycles. The Labute approximate surface area is 221 Å². The van der Waals surface area contributed by atoms with Crippen LogP contribution in [0.2, 0.25) is 5.02 Å². The molecule has 1 atom stereocenters. The lowest BCUT2D eigenvalue weighted by atomic mass is 9.98. The van der Waals surface area contributed by atoms with Gasteiger partial charge in [-0.05, 0) is 32.0 Å². The number of sulfonamides is 1. The first-order chi connectivity index (χ1) is 17.3. The third-order valence-electron chi connectivity index (χ3n) is 5.82. The van der Waals surface area contributed by atoms with E-state index in [1.54, 1.807) is 44.3 Å². The highest BCUT2D eigenvalue weighted by Gasteiger charge is 2.39. The molecular weight excluding hydrogens is 502 g/mol. The number of hydrogen-bond donors (Lipinski definition) is 2. The summed E-state index contributed by atoms with van der Waals surface area (Å²) < 4.78 is 40.7. The minimum atomic E-state index is -3.85. The smallest absolute Gasteiger partial charge is 0.336 e. The first-order valence-corrected chi connectivity index (χ1v) is 14.6. The van der Waals surface area contributed by atoms with Crippen molar-refractivity contribution < 1.29 is 22.7 Å². The van der Waals surface area contributed by atoms with Crippen LogP contribution in [-0.2, 0) is 19.6 Å². The molecule has 0 bridgehead atoms. The quantitative estimate of drug-likeness (QED) is 0.239. The van der Waals surface area contributed by atoms with Crippen LogP contribution in [0.3, 0.4) is 0 Å². The van der Waals surface area contributed by atoms with Gasteiger partial charge in [0.1, 0.15) is 23.4 Å². The molecule has 36 heavy (non-hydrogen) atoms. The number of carbonyl (C=O) groups excluding carboxylic acids is 1. The molecule has 0 radical (unpaired) electrons. The molecule has 202 valence electrons. The molecule has 1 aliphatic rings. The van der Waals surface area contributed by atoms with Crippen molar-refractivity contribution in [3.05, 3.63) is 52.4 Å². The van der Waals surface area contributed by atoms with Gasteiger partial charge in [-0.1, -0.05) is 57.3 Å². The molecule has 0 amide bonds. The number of esters is 1. The molecule has 1 aromatic rings. The van der Waals surface area contributed by atoms with Crippen LogP contribution in [-0.4, -0.2) is 64.4 Å². The summed E-state index contributed by atoms with van der Waals surface area (Å²) in [7, 11) is -2.08. The summed E-state index contributed by atoms with van der Waals surface area (Å²) in [4.78, 5) is 15.4. The largest absolute Gasteiger partial charge is 0.461 e. The van der Waals surface area contributed by atoms with Gasteiger partial charge in [0, 0.05) is 38.7 Å². The summed E-state index contributed by atoms with van der Waals surface area (Å²) in [5.74, 6) is 0.0713. The van der Waals surface area contributed by atoms with E-state index in [-0.39, 0.29) is 25.3 Å². The fraction of sp³-hybridized carbons (Fsp3) is 0.577. The van der Waals surface area contributed by atoms with Crippen LogP contribution >= 0.6 is 11.6 Å². The molecule has 0 aliphatic heterocycles. The van der Waals surface area contributed by atoms with Gasteiger partial charge in [-0.2, -0.15) is 0 Å². The summed E-state index contributed by atoms with van der Waals surface area (Å²) in [5.41, 5.74) is 0.993. The van der Waals surface area contributed by atoms with E-state index in [0.717, 1.165) is 38.8 Å². The van der Waals surface area contributed by atoms with Crippen molar-refractivity contribution in [1.29, 1.82) is 0 Å². The van der Waals surface area contributed by atoms with Crippen molar-refractivity contribution in [1.82, 2.24) is 14.9 Å². The molecule has 2 rings (SSSR count). The number of para-hydroxylation sites is 1. The standard InChI is InChI=1S/C26H40ClN3O5S/c1-5-8-15-30(16-9-6-2)22-19-24(35-23-13-11-10-12-21(23)27)25(36(32,33)29-7-3)18-20(22)26(31)34-17-14-28-4/h10-13,19,25,28-29H,5-9,14-18H2,1-4H3. The van der Waals surface area contributed by atoms with Gasteiger partial charge in [-0.3, -0.25) is 0 Å². The molecular formula is C26H40ClN3O5S. The number of nitrogens with zero attached hydrogens (tertiary/aromatic N) is 1. The van der Waals surface area contributed by atoms with E-state index in [9.17, 15) is 13.2 Å². The maximum atomic E-state index is 13.3. The zero-order valence-electron chi connectivity index (χ0n) is 21.8. The number of likely N-dealkylation sites (N-methyl/N-ethyl adjacent to an activating group) is 1. The molecule has 0 spiro atoms. The number of unbranched alkanes of at least 4 members (excludes halogenated alkanes) is 2. The Kier molecular flexibility index (Phi) is 12.8. The fourth-order valence-electron chi connectivity index (χ4n) is 3.87. The number of allylic oxidation sites excluding steroid dienone is 1. The molecule has 1 aromatic carbocycles. The molecule has 1 aliphatic carbocycles. The lowest BCUT2D eigenvalue weighted by Gasteiger charge is -2.33. The number of carbonyl (C=O) groups is 1. The van der Waals surface area contributed by atoms with Crippen LogP contribution < -0.4 is 14.8 Å². The average molecular weight is 542 g/mol. The second kappa shape index (κ2) is 15.2. The minimum Gasteiger partial charge on any atom is -0.461 e. The number of rotatable bonds is 16. The summed E-state index contributed by atoms with van der Waals surface area (Å²) in [6.07, 6.45) is 5.47. The number of ether oxygens (including phenoxy) is 2. The molecule has 0 aromatic heterocycles. The van der Waals surface area contributed by atoms with E-state index in [0.29, 0.717) is 28.6 Å². The average Bonchev–Trinajstić information content (AvgIpc) is 2.85. The normalized spacial score (nSPS) is 16.0. The third kappa shape index (κ3) is 8.50. The van der Waals surface area contributed by atoms with Crippen molar-refractivity contribution in [2.24, 2.45) is 0 Å². The summed E-state index contributed by atoms with van der Waals surface area (Å²) in [6, 6.07) is 6.93. The Morgan fingerprint density at radius 3 is 2.39 bits per heavy atom. The van der Waals surface area contributed by atoms with Gasteiger partial charge in [0.25, 0.3) is 0 Å². The summed E-state index contributed by atoms with van der Waals surface area (Å²) in [5, 5.41) is 2.21. The molecule has 8 nitrogen and oxygen atoms in total. The SMILES string of the molecule is CCCCN(CCCC)C1=C(C(=O)OCCNC)CC(S(=O)(=O)NCC)C(Oc2ccccc2Cl)=C1. The predicted octanol–water partition coefficient (Wildman–Crippen LogP) is 4.23. The van der Waals surface area contributed by atoms with Crippen molar-refractivity contribution >= 4 is 27.6 Å². The third-order valence-corrected chi connectivity index (χ3v) is 7.97. The Balaban J connectivity index is 2.63.